The average molecular weight is 629 g/mol. The molecule has 2 fully saturated rings. The smallest absolute Gasteiger partial charge is 0.350 e. The van der Waals surface area contributed by atoms with E-state index in [9.17, 15) is 27.6 Å². The molecule has 4 heterocycles. The van der Waals surface area contributed by atoms with Gasteiger partial charge in [0.1, 0.15) is 11.6 Å². The largest absolute Gasteiger partial charge is 0.390 e. The lowest BCUT2D eigenvalue weighted by atomic mass is 9.97. The first-order chi connectivity index (χ1) is 21.6. The molecule has 0 radical (unpaired) electrons. The highest BCUT2D eigenvalue weighted by molar-refractivity contribution is 5.91. The number of carbonyl (C=O) groups excluding carboxylic acids is 3. The molecule has 2 aliphatic heterocycles. The van der Waals surface area contributed by atoms with Crippen LogP contribution < -0.4 is 10.6 Å². The summed E-state index contributed by atoms with van der Waals surface area (Å²) < 4.78 is 40.7. The molecule has 2 N–H and O–H groups in total. The Kier molecular flexibility index (Phi) is 10.3. The van der Waals surface area contributed by atoms with E-state index in [-0.39, 0.29) is 43.7 Å². The first-order valence-electron chi connectivity index (χ1n) is 15.4. The Bertz CT molecular complexity index is 1480. The van der Waals surface area contributed by atoms with Crippen LogP contribution >= 0.6 is 0 Å². The summed E-state index contributed by atoms with van der Waals surface area (Å²) >= 11 is 0. The molecule has 0 spiro atoms. The van der Waals surface area contributed by atoms with Crippen molar-refractivity contribution < 1.29 is 27.6 Å². The number of amides is 3. The van der Waals surface area contributed by atoms with Crippen molar-refractivity contribution in [2.75, 3.05) is 26.2 Å². The zero-order valence-electron chi connectivity index (χ0n) is 25.3. The summed E-state index contributed by atoms with van der Waals surface area (Å²) in [6.45, 7) is 1.30. The van der Waals surface area contributed by atoms with Crippen molar-refractivity contribution in [3.8, 4) is 0 Å². The minimum absolute atomic E-state index is 0.0332. The predicted octanol–water partition coefficient (Wildman–Crippen LogP) is 2.75. The van der Waals surface area contributed by atoms with Crippen molar-refractivity contribution in [1.82, 2.24) is 40.4 Å². The molecule has 3 aromatic rings. The zero-order valence-corrected chi connectivity index (χ0v) is 25.3. The molecule has 0 saturated carbocycles. The van der Waals surface area contributed by atoms with Crippen LogP contribution in [0.3, 0.4) is 0 Å². The molecular weight excluding hydrogens is 589 g/mol. The number of carbonyl (C=O) groups is 3. The normalized spacial score (nSPS) is 19.3. The van der Waals surface area contributed by atoms with E-state index in [0.717, 1.165) is 29.5 Å². The number of alkyl halides is 3. The number of pyridine rings is 1. The second kappa shape index (κ2) is 14.4. The highest BCUT2D eigenvalue weighted by atomic mass is 19.4. The fourth-order valence-electron chi connectivity index (χ4n) is 6.21. The van der Waals surface area contributed by atoms with E-state index in [1.807, 2.05) is 30.3 Å². The quantitative estimate of drug-likeness (QED) is 0.316. The average Bonchev–Trinajstić information content (AvgIpc) is 3.78. The van der Waals surface area contributed by atoms with Crippen molar-refractivity contribution in [2.45, 2.75) is 69.8 Å². The van der Waals surface area contributed by atoms with Gasteiger partial charge in [0.15, 0.2) is 0 Å². The van der Waals surface area contributed by atoms with Crippen molar-refractivity contribution in [1.29, 1.82) is 0 Å². The fourth-order valence-corrected chi connectivity index (χ4v) is 6.21. The SMILES string of the molecule is Cn1nnc2cc(CNC(=O)[C@@H]3C[C@@H](Cc4ccncc4)CN3C(=O)[C@@H](CCC(=O)N3CCCC3)NCCC(F)(F)F)ccc21. The number of hydrogen-bond donors (Lipinski definition) is 2. The zero-order chi connectivity index (χ0) is 32.0. The molecule has 2 aromatic heterocycles. The molecule has 3 amide bonds. The molecule has 11 nitrogen and oxygen atoms in total. The number of rotatable bonds is 12. The molecular formula is C31H39F3N8O3. The third-order valence-electron chi connectivity index (χ3n) is 8.59. The Labute approximate surface area is 259 Å². The monoisotopic (exact) mass is 628 g/mol. The van der Waals surface area contributed by atoms with Gasteiger partial charge in [0.25, 0.3) is 0 Å². The van der Waals surface area contributed by atoms with E-state index in [2.05, 4.69) is 25.9 Å². The van der Waals surface area contributed by atoms with Gasteiger partial charge in [-0.3, -0.25) is 19.4 Å². The third kappa shape index (κ3) is 8.56. The van der Waals surface area contributed by atoms with Crippen molar-refractivity contribution in [2.24, 2.45) is 13.0 Å². The molecule has 1 aromatic carbocycles. The molecule has 3 atom stereocenters. The number of aromatic nitrogens is 4. The number of benzene rings is 1. The molecule has 242 valence electrons. The van der Waals surface area contributed by atoms with Gasteiger partial charge in [-0.05, 0) is 73.4 Å². The third-order valence-corrected chi connectivity index (χ3v) is 8.59. The van der Waals surface area contributed by atoms with Crippen molar-refractivity contribution >= 4 is 28.8 Å². The Morgan fingerprint density at radius 1 is 1.07 bits per heavy atom. The van der Waals surface area contributed by atoms with Crippen LogP contribution in [0, 0.1) is 5.92 Å². The van der Waals surface area contributed by atoms with Crippen LogP contribution in [0.15, 0.2) is 42.7 Å². The topological polar surface area (TPSA) is 125 Å². The first kappa shape index (κ1) is 32.3. The maximum absolute atomic E-state index is 14.0. The summed E-state index contributed by atoms with van der Waals surface area (Å²) in [5.74, 6) is -0.980. The van der Waals surface area contributed by atoms with Crippen LogP contribution in [0.1, 0.15) is 49.7 Å². The van der Waals surface area contributed by atoms with Gasteiger partial charge in [0, 0.05) is 58.6 Å². The highest BCUT2D eigenvalue weighted by Crippen LogP contribution is 2.28. The van der Waals surface area contributed by atoms with Gasteiger partial charge in [0.05, 0.1) is 18.0 Å². The van der Waals surface area contributed by atoms with Crippen LogP contribution in [0.25, 0.3) is 11.0 Å². The number of nitrogens with one attached hydrogen (secondary N) is 2. The van der Waals surface area contributed by atoms with Gasteiger partial charge in [-0.1, -0.05) is 11.3 Å². The number of fused-ring (bicyclic) bond motifs is 1. The summed E-state index contributed by atoms with van der Waals surface area (Å²) in [4.78, 5) is 47.7. The molecule has 5 rings (SSSR count). The van der Waals surface area contributed by atoms with Crippen LogP contribution in [0.4, 0.5) is 13.2 Å². The lowest BCUT2D eigenvalue weighted by molar-refractivity contribution is -0.142. The minimum atomic E-state index is -4.40. The van der Waals surface area contributed by atoms with Crippen LogP contribution in [-0.4, -0.2) is 91.9 Å². The molecule has 2 saturated heterocycles. The molecule has 45 heavy (non-hydrogen) atoms. The number of nitrogens with zero attached hydrogens (tertiary/aromatic N) is 6. The van der Waals surface area contributed by atoms with Gasteiger partial charge in [0.2, 0.25) is 17.7 Å². The van der Waals surface area contributed by atoms with Gasteiger partial charge >= 0.3 is 6.18 Å². The number of likely N-dealkylation sites (tertiary alicyclic amines) is 2. The van der Waals surface area contributed by atoms with E-state index in [4.69, 9.17) is 0 Å². The Hall–Kier alpha value is -4.07. The number of aryl methyl sites for hydroxylation is 1. The molecule has 0 aliphatic carbocycles. The summed E-state index contributed by atoms with van der Waals surface area (Å²) in [6, 6.07) is 7.49. The second-order valence-corrected chi connectivity index (χ2v) is 11.9. The van der Waals surface area contributed by atoms with Crippen LogP contribution in [-0.2, 0) is 34.4 Å². The molecule has 14 heteroatoms. The van der Waals surface area contributed by atoms with Gasteiger partial charge in [-0.25, -0.2) is 4.68 Å². The maximum atomic E-state index is 14.0. The van der Waals surface area contributed by atoms with E-state index in [1.165, 1.54) is 4.90 Å². The first-order valence-corrected chi connectivity index (χ1v) is 15.4. The summed E-state index contributed by atoms with van der Waals surface area (Å²) in [5.41, 5.74) is 3.36. The fraction of sp³-hybridized carbons (Fsp3) is 0.548. The van der Waals surface area contributed by atoms with Gasteiger partial charge < -0.3 is 20.4 Å². The molecule has 0 bridgehead atoms. The van der Waals surface area contributed by atoms with Crippen LogP contribution in [0.2, 0.25) is 0 Å². The second-order valence-electron chi connectivity index (χ2n) is 11.9. The van der Waals surface area contributed by atoms with Gasteiger partial charge in [-0.2, -0.15) is 13.2 Å². The lowest BCUT2D eigenvalue weighted by Gasteiger charge is -2.29. The van der Waals surface area contributed by atoms with Crippen LogP contribution in [0.5, 0.6) is 0 Å². The van der Waals surface area contributed by atoms with Crippen molar-refractivity contribution in [3.63, 3.8) is 0 Å². The minimum Gasteiger partial charge on any atom is -0.350 e. The summed E-state index contributed by atoms with van der Waals surface area (Å²) in [5, 5.41) is 13.8. The Balaban J connectivity index is 1.31. The number of hydrogen-bond acceptors (Lipinski definition) is 7. The maximum Gasteiger partial charge on any atom is 0.390 e. The lowest BCUT2D eigenvalue weighted by Crippen LogP contribution is -2.53. The molecule has 2 aliphatic rings. The van der Waals surface area contributed by atoms with E-state index >= 15 is 0 Å². The highest BCUT2D eigenvalue weighted by Gasteiger charge is 2.42. The predicted molar refractivity (Wildman–Crippen MR) is 159 cm³/mol. The summed E-state index contributed by atoms with van der Waals surface area (Å²) in [7, 11) is 1.79. The standard InChI is InChI=1S/C31H39F3N8O3/c1-40-26-6-4-22(17-25(26)38-39-40)19-37-29(44)27-18-23(16-21-8-11-35-12-9-21)20-42(27)30(45)24(36-13-10-31(32,33)34)5-7-28(43)41-14-2-3-15-41/h4,6,8-9,11-12,17,23-24,27,36H,2-3,5,7,10,13-16,18-20H2,1H3,(H,37,44)/t23-,24-,27+/m1/s1. The Morgan fingerprint density at radius 2 is 1.82 bits per heavy atom. The van der Waals surface area contributed by atoms with Gasteiger partial charge in [-0.15, -0.1) is 5.10 Å². The number of halogens is 3. The van der Waals surface area contributed by atoms with E-state index in [1.54, 1.807) is 29.0 Å². The molecule has 0 unspecified atom stereocenters. The van der Waals surface area contributed by atoms with E-state index in [0.29, 0.717) is 31.4 Å². The van der Waals surface area contributed by atoms with Crippen molar-refractivity contribution in [3.05, 3.63) is 53.9 Å². The summed E-state index contributed by atoms with van der Waals surface area (Å²) in [6.07, 6.45) is 0.766. The Morgan fingerprint density at radius 3 is 2.56 bits per heavy atom. The van der Waals surface area contributed by atoms with E-state index < -0.39 is 37.1 Å².